The molecule has 8 heteroatoms. The van der Waals surface area contributed by atoms with Crippen LogP contribution in [0.2, 0.25) is 0 Å². The van der Waals surface area contributed by atoms with E-state index >= 15 is 0 Å². The summed E-state index contributed by atoms with van der Waals surface area (Å²) < 4.78 is 19.9. The van der Waals surface area contributed by atoms with Crippen LogP contribution in [0.25, 0.3) is 0 Å². The van der Waals surface area contributed by atoms with Gasteiger partial charge in [-0.05, 0) is 111 Å². The van der Waals surface area contributed by atoms with Crippen LogP contribution >= 0.6 is 0 Å². The van der Waals surface area contributed by atoms with Gasteiger partial charge in [0.05, 0.1) is 25.7 Å². The third-order valence-electron chi connectivity index (χ3n) is 16.6. The number of hydrogen-bond acceptors (Lipinski definition) is 7. The lowest BCUT2D eigenvalue weighted by molar-refractivity contribution is -0.268. The molecule has 0 amide bonds. The maximum absolute atomic E-state index is 14.9. The Kier molecular flexibility index (Phi) is 9.63. The molecular weight excluding hydrogens is 630 g/mol. The zero-order valence-electron chi connectivity index (χ0n) is 32.9. The molecule has 12 atom stereocenters. The molecular formula is C42H67NO7. The fourth-order valence-corrected chi connectivity index (χ4v) is 12.4. The first kappa shape index (κ1) is 38.0. The number of hydrogen-bond donors (Lipinski definition) is 2. The van der Waals surface area contributed by atoms with E-state index in [-0.39, 0.29) is 41.1 Å². The number of ether oxygens (including phenoxy) is 3. The molecule has 0 spiro atoms. The van der Waals surface area contributed by atoms with Gasteiger partial charge in [-0.3, -0.25) is 14.4 Å². The van der Waals surface area contributed by atoms with Crippen LogP contribution in [0, 0.1) is 68.5 Å². The molecule has 8 nitrogen and oxygen atoms in total. The number of fused-ring (bicyclic) bond motifs is 3. The van der Waals surface area contributed by atoms with Crippen molar-refractivity contribution in [2.45, 2.75) is 139 Å². The van der Waals surface area contributed by atoms with Gasteiger partial charge in [-0.1, -0.05) is 67.9 Å². The number of ketones is 1. The molecule has 6 rings (SSSR count). The lowest BCUT2D eigenvalue weighted by Crippen LogP contribution is -2.71. The van der Waals surface area contributed by atoms with Gasteiger partial charge in [0.15, 0.2) is 5.78 Å². The Morgan fingerprint density at radius 1 is 1.04 bits per heavy atom. The third kappa shape index (κ3) is 5.49. The molecule has 50 heavy (non-hydrogen) atoms. The molecule has 4 saturated carbocycles. The average molecular weight is 698 g/mol. The van der Waals surface area contributed by atoms with Crippen molar-refractivity contribution in [2.75, 3.05) is 26.4 Å². The quantitative estimate of drug-likeness (QED) is 0.214. The van der Waals surface area contributed by atoms with E-state index in [2.05, 4.69) is 67.6 Å². The van der Waals surface area contributed by atoms with Gasteiger partial charge in [-0.15, -0.1) is 0 Å². The zero-order chi connectivity index (χ0) is 36.8. The molecule has 282 valence electrons. The Labute approximate surface area is 301 Å². The van der Waals surface area contributed by atoms with Gasteiger partial charge in [0, 0.05) is 28.7 Å². The van der Waals surface area contributed by atoms with Crippen LogP contribution < -0.4 is 5.32 Å². The molecule has 0 aromatic carbocycles. The van der Waals surface area contributed by atoms with Gasteiger partial charge in [0.1, 0.15) is 12.2 Å². The summed E-state index contributed by atoms with van der Waals surface area (Å²) in [5, 5.41) is 14.8. The van der Waals surface area contributed by atoms with Crippen LogP contribution in [0.4, 0.5) is 0 Å². The van der Waals surface area contributed by atoms with Crippen molar-refractivity contribution in [3.8, 4) is 0 Å². The van der Waals surface area contributed by atoms with Gasteiger partial charge < -0.3 is 24.6 Å². The topological polar surface area (TPSA) is 111 Å². The minimum atomic E-state index is -1.05. The Bertz CT molecular complexity index is 1400. The summed E-state index contributed by atoms with van der Waals surface area (Å²) in [6, 6.07) is 0. The van der Waals surface area contributed by atoms with E-state index in [4.69, 9.17) is 14.2 Å². The van der Waals surface area contributed by atoms with Crippen molar-refractivity contribution < 1.29 is 33.7 Å². The molecule has 0 radical (unpaired) electrons. The number of allylic oxidation sites excluding steroid dienone is 1. The molecule has 5 aliphatic carbocycles. The van der Waals surface area contributed by atoms with Crippen molar-refractivity contribution in [1.82, 2.24) is 5.32 Å². The van der Waals surface area contributed by atoms with E-state index in [0.717, 1.165) is 43.7 Å². The molecule has 1 saturated heterocycles. The van der Waals surface area contributed by atoms with E-state index in [1.54, 1.807) is 0 Å². The predicted molar refractivity (Wildman–Crippen MR) is 193 cm³/mol. The highest BCUT2D eigenvalue weighted by atomic mass is 16.6. The second kappa shape index (κ2) is 12.7. The highest BCUT2D eigenvalue weighted by molar-refractivity contribution is 6.00. The number of carboxylic acid groups (broad SMARTS) is 1. The minimum Gasteiger partial charge on any atom is -0.481 e. The largest absolute Gasteiger partial charge is 0.481 e. The fourth-order valence-electron chi connectivity index (χ4n) is 12.4. The van der Waals surface area contributed by atoms with Crippen LogP contribution in [0.5, 0.6) is 0 Å². The van der Waals surface area contributed by atoms with Crippen LogP contribution in [-0.4, -0.2) is 66.9 Å². The molecule has 6 aliphatic rings. The van der Waals surface area contributed by atoms with E-state index in [9.17, 15) is 19.5 Å². The average Bonchev–Trinajstić information content (AvgIpc) is 3.85. The molecule has 1 heterocycles. The lowest BCUT2D eigenvalue weighted by atomic mass is 9.34. The van der Waals surface area contributed by atoms with E-state index in [1.807, 2.05) is 13.0 Å². The SMILES string of the molecule is CC(=O)O[C@@H]1C[C@@]23COC[C@](C)([C@@H]2CC[C@H]2C3=CC(=O)[C@@]3(C)[C@H](C(=O)O)[C@@](C)([C@H](C)C(C)C)CC[C@]23C)[C@H]1OC[C@@](C)(NCC1CC1)C(C)C. The van der Waals surface area contributed by atoms with E-state index in [0.29, 0.717) is 38.1 Å². The molecule has 0 unspecified atom stereocenters. The maximum Gasteiger partial charge on any atom is 0.308 e. The van der Waals surface area contributed by atoms with Crippen LogP contribution in [0.1, 0.15) is 121 Å². The first-order chi connectivity index (χ1) is 23.2. The molecule has 0 aromatic heterocycles. The molecule has 2 bridgehead atoms. The monoisotopic (exact) mass is 697 g/mol. The smallest absolute Gasteiger partial charge is 0.308 e. The van der Waals surface area contributed by atoms with Crippen molar-refractivity contribution in [2.24, 2.45) is 68.5 Å². The van der Waals surface area contributed by atoms with Crippen molar-refractivity contribution >= 4 is 17.7 Å². The summed E-state index contributed by atoms with van der Waals surface area (Å²) in [5.41, 5.74) is -2.14. The van der Waals surface area contributed by atoms with Gasteiger partial charge >= 0.3 is 11.9 Å². The standard InChI is InChI=1S/C42H67NO7/c1-24(2)26(5)37(7)16-17-39(9)29-14-15-32-38(8)21-48-23-42(32,30(29)18-33(45)41(39,11)34(37)36(46)47)19-31(50-27(6)44)35(38)49-22-40(10,25(3)4)43-20-28-12-13-28/h18,24-26,28-29,31-32,34-35,43H,12-17,19-23H2,1-11H3,(H,46,47)/t26-,29+,31-,32+,34-,35+,37-,38-,39-,40-,41+,42+/m1/s1. The van der Waals surface area contributed by atoms with Crippen molar-refractivity contribution in [3.05, 3.63) is 11.6 Å². The number of carbonyl (C=O) groups is 3. The summed E-state index contributed by atoms with van der Waals surface area (Å²) in [6.45, 7) is 25.7. The number of carbonyl (C=O) groups excluding carboxylic acids is 2. The maximum atomic E-state index is 14.9. The molecule has 1 aliphatic heterocycles. The number of carboxylic acids is 1. The molecule has 2 N–H and O–H groups in total. The third-order valence-corrected chi connectivity index (χ3v) is 16.6. The highest BCUT2D eigenvalue weighted by Crippen LogP contribution is 2.74. The van der Waals surface area contributed by atoms with Gasteiger partial charge in [-0.2, -0.15) is 0 Å². The Morgan fingerprint density at radius 3 is 2.30 bits per heavy atom. The normalized spacial score (nSPS) is 44.4. The summed E-state index contributed by atoms with van der Waals surface area (Å²) >= 11 is 0. The number of esters is 1. The van der Waals surface area contributed by atoms with E-state index < -0.39 is 45.1 Å². The second-order valence-corrected chi connectivity index (χ2v) is 19.7. The second-order valence-electron chi connectivity index (χ2n) is 19.7. The summed E-state index contributed by atoms with van der Waals surface area (Å²) in [5.74, 6) is -0.277. The Hall–Kier alpha value is -1.77. The molecule has 5 fully saturated rings. The summed E-state index contributed by atoms with van der Waals surface area (Å²) in [4.78, 5) is 41.1. The fraction of sp³-hybridized carbons (Fsp3) is 0.881. The highest BCUT2D eigenvalue weighted by Gasteiger charge is 2.74. The van der Waals surface area contributed by atoms with Crippen LogP contribution in [0.3, 0.4) is 0 Å². The first-order valence-corrected chi connectivity index (χ1v) is 19.8. The van der Waals surface area contributed by atoms with Crippen LogP contribution in [0.15, 0.2) is 11.6 Å². The Morgan fingerprint density at radius 2 is 1.72 bits per heavy atom. The Balaban J connectivity index is 1.39. The van der Waals surface area contributed by atoms with Gasteiger partial charge in [-0.25, -0.2) is 0 Å². The zero-order valence-corrected chi connectivity index (χ0v) is 32.9. The number of nitrogens with one attached hydrogen (secondary N) is 1. The summed E-state index contributed by atoms with van der Waals surface area (Å²) in [6.07, 6.45) is 7.54. The number of aliphatic carboxylic acids is 1. The summed E-state index contributed by atoms with van der Waals surface area (Å²) in [7, 11) is 0. The first-order valence-electron chi connectivity index (χ1n) is 19.8. The van der Waals surface area contributed by atoms with Gasteiger partial charge in [0.2, 0.25) is 0 Å². The van der Waals surface area contributed by atoms with Crippen LogP contribution in [-0.2, 0) is 28.6 Å². The molecule has 0 aromatic rings. The predicted octanol–water partition coefficient (Wildman–Crippen LogP) is 7.49. The lowest BCUT2D eigenvalue weighted by Gasteiger charge is -2.70. The van der Waals surface area contributed by atoms with Crippen molar-refractivity contribution in [1.29, 1.82) is 0 Å². The van der Waals surface area contributed by atoms with Gasteiger partial charge in [0.25, 0.3) is 0 Å². The minimum absolute atomic E-state index is 0.0412. The number of rotatable bonds is 11. The van der Waals surface area contributed by atoms with Crippen molar-refractivity contribution in [3.63, 3.8) is 0 Å². The van der Waals surface area contributed by atoms with E-state index in [1.165, 1.54) is 19.8 Å².